The van der Waals surface area contributed by atoms with Crippen molar-refractivity contribution in [3.63, 3.8) is 0 Å². The molecule has 1 heteroatoms. The Morgan fingerprint density at radius 3 is 3.10 bits per heavy atom. The zero-order valence-electron chi connectivity index (χ0n) is 6.14. The maximum atomic E-state index is 5.70. The molecular weight excluding hydrogens is 122 g/mol. The second-order valence-electron chi connectivity index (χ2n) is 2.78. The van der Waals surface area contributed by atoms with E-state index in [2.05, 4.69) is 12.0 Å². The molecule has 0 bridgehead atoms. The van der Waals surface area contributed by atoms with E-state index < -0.39 is 0 Å². The van der Waals surface area contributed by atoms with Gasteiger partial charge in [0, 0.05) is 12.5 Å². The van der Waals surface area contributed by atoms with Crippen LogP contribution in [-0.4, -0.2) is 6.04 Å². The van der Waals surface area contributed by atoms with E-state index in [0.717, 1.165) is 25.7 Å². The third-order valence-corrected chi connectivity index (χ3v) is 1.87. The molecule has 1 aliphatic carbocycles. The van der Waals surface area contributed by atoms with E-state index in [0.29, 0.717) is 6.04 Å². The van der Waals surface area contributed by atoms with Gasteiger partial charge in [-0.2, -0.15) is 0 Å². The van der Waals surface area contributed by atoms with Crippen molar-refractivity contribution in [2.24, 2.45) is 5.73 Å². The molecule has 10 heavy (non-hydrogen) atoms. The smallest absolute Gasteiger partial charge is 0.0296 e. The highest BCUT2D eigenvalue weighted by molar-refractivity contribution is 5.13. The van der Waals surface area contributed by atoms with Crippen molar-refractivity contribution in [3.05, 3.63) is 11.6 Å². The Bertz CT molecular complexity index is 174. The first-order chi connectivity index (χ1) is 4.83. The lowest BCUT2D eigenvalue weighted by molar-refractivity contribution is 0.586. The molecule has 0 amide bonds. The second-order valence-corrected chi connectivity index (χ2v) is 2.78. The number of hydrogen-bond acceptors (Lipinski definition) is 1. The van der Waals surface area contributed by atoms with Gasteiger partial charge < -0.3 is 5.73 Å². The Kier molecular flexibility index (Phi) is 2.53. The molecule has 2 N–H and O–H groups in total. The molecular formula is C9H13N. The molecule has 0 saturated heterocycles. The molecule has 1 aliphatic rings. The van der Waals surface area contributed by atoms with E-state index in [-0.39, 0.29) is 0 Å². The first-order valence-corrected chi connectivity index (χ1v) is 3.70. The normalized spacial score (nSPS) is 25.2. The van der Waals surface area contributed by atoms with Crippen molar-refractivity contribution >= 4 is 0 Å². The molecule has 0 aromatic rings. The van der Waals surface area contributed by atoms with Crippen molar-refractivity contribution in [3.8, 4) is 12.3 Å². The minimum absolute atomic E-state index is 0.376. The zero-order chi connectivity index (χ0) is 7.40. The number of terminal acetylenes is 1. The van der Waals surface area contributed by atoms with Crippen LogP contribution in [0.4, 0.5) is 0 Å². The Morgan fingerprint density at radius 2 is 2.60 bits per heavy atom. The summed E-state index contributed by atoms with van der Waals surface area (Å²) < 4.78 is 0. The average Bonchev–Trinajstić information content (AvgIpc) is 1.95. The topological polar surface area (TPSA) is 26.0 Å². The van der Waals surface area contributed by atoms with Gasteiger partial charge in [0.25, 0.3) is 0 Å². The second kappa shape index (κ2) is 3.43. The van der Waals surface area contributed by atoms with Crippen LogP contribution in [0.5, 0.6) is 0 Å². The molecule has 0 aliphatic heterocycles. The zero-order valence-corrected chi connectivity index (χ0v) is 6.14. The van der Waals surface area contributed by atoms with Crippen molar-refractivity contribution < 1.29 is 0 Å². The van der Waals surface area contributed by atoms with Gasteiger partial charge in [0.15, 0.2) is 0 Å². The largest absolute Gasteiger partial charge is 0.327 e. The molecule has 0 fully saturated rings. The Balaban J connectivity index is 2.42. The Labute approximate surface area is 62.3 Å². The van der Waals surface area contributed by atoms with Gasteiger partial charge in [0.1, 0.15) is 0 Å². The molecule has 0 aromatic heterocycles. The maximum absolute atomic E-state index is 5.70. The first kappa shape index (κ1) is 7.37. The summed E-state index contributed by atoms with van der Waals surface area (Å²) in [6.07, 6.45) is 11.4. The highest BCUT2D eigenvalue weighted by Crippen LogP contribution is 2.18. The lowest BCUT2D eigenvalue weighted by atomic mass is 9.94. The van der Waals surface area contributed by atoms with Gasteiger partial charge in [-0.25, -0.2) is 0 Å². The van der Waals surface area contributed by atoms with Crippen molar-refractivity contribution in [2.75, 3.05) is 0 Å². The van der Waals surface area contributed by atoms with Crippen LogP contribution < -0.4 is 5.73 Å². The average molecular weight is 135 g/mol. The molecule has 0 saturated carbocycles. The van der Waals surface area contributed by atoms with Crippen molar-refractivity contribution in [2.45, 2.75) is 31.7 Å². The summed E-state index contributed by atoms with van der Waals surface area (Å²) in [4.78, 5) is 0. The summed E-state index contributed by atoms with van der Waals surface area (Å²) >= 11 is 0. The van der Waals surface area contributed by atoms with Crippen LogP contribution in [0.15, 0.2) is 11.6 Å². The SMILES string of the molecule is C#CCC1=CCC(N)CC1. The predicted molar refractivity (Wildman–Crippen MR) is 43.4 cm³/mol. The quantitative estimate of drug-likeness (QED) is 0.427. The van der Waals surface area contributed by atoms with E-state index in [4.69, 9.17) is 12.2 Å². The van der Waals surface area contributed by atoms with E-state index in [1.54, 1.807) is 0 Å². The molecule has 54 valence electrons. The molecule has 1 unspecified atom stereocenters. The Morgan fingerprint density at radius 1 is 1.80 bits per heavy atom. The highest BCUT2D eigenvalue weighted by atomic mass is 14.6. The first-order valence-electron chi connectivity index (χ1n) is 3.70. The number of rotatable bonds is 1. The number of allylic oxidation sites excluding steroid dienone is 1. The van der Waals surface area contributed by atoms with Crippen molar-refractivity contribution in [1.29, 1.82) is 0 Å². The summed E-state index contributed by atoms with van der Waals surface area (Å²) in [5.41, 5.74) is 7.09. The maximum Gasteiger partial charge on any atom is 0.0296 e. The molecule has 0 radical (unpaired) electrons. The summed E-state index contributed by atoms with van der Waals surface area (Å²) in [6, 6.07) is 0.376. The lowest BCUT2D eigenvalue weighted by Crippen LogP contribution is -2.21. The molecule has 0 aromatic carbocycles. The number of hydrogen-bond donors (Lipinski definition) is 1. The molecule has 1 atom stereocenters. The van der Waals surface area contributed by atoms with Crippen LogP contribution in [0.25, 0.3) is 0 Å². The van der Waals surface area contributed by atoms with Gasteiger partial charge in [-0.3, -0.25) is 0 Å². The van der Waals surface area contributed by atoms with Crippen LogP contribution in [0.3, 0.4) is 0 Å². The van der Waals surface area contributed by atoms with Gasteiger partial charge >= 0.3 is 0 Å². The molecule has 0 spiro atoms. The minimum atomic E-state index is 0.376. The number of nitrogens with two attached hydrogens (primary N) is 1. The van der Waals surface area contributed by atoms with Gasteiger partial charge in [0.05, 0.1) is 0 Å². The molecule has 1 nitrogen and oxygen atoms in total. The highest BCUT2D eigenvalue weighted by Gasteiger charge is 2.08. The van der Waals surface area contributed by atoms with E-state index in [1.165, 1.54) is 5.57 Å². The van der Waals surface area contributed by atoms with Gasteiger partial charge in [-0.15, -0.1) is 12.3 Å². The standard InChI is InChI=1S/C9H13N/c1-2-3-8-4-6-9(10)7-5-8/h1,4,9H,3,5-7,10H2. The van der Waals surface area contributed by atoms with Gasteiger partial charge in [-0.05, 0) is 19.3 Å². The third kappa shape index (κ3) is 1.89. The van der Waals surface area contributed by atoms with Crippen LogP contribution in [0.2, 0.25) is 0 Å². The molecule has 1 rings (SSSR count). The lowest BCUT2D eigenvalue weighted by Gasteiger charge is -2.16. The van der Waals surface area contributed by atoms with Crippen LogP contribution in [0.1, 0.15) is 25.7 Å². The van der Waals surface area contributed by atoms with Crippen LogP contribution in [0, 0.1) is 12.3 Å². The summed E-state index contributed by atoms with van der Waals surface area (Å²) in [6.45, 7) is 0. The van der Waals surface area contributed by atoms with E-state index >= 15 is 0 Å². The fraction of sp³-hybridized carbons (Fsp3) is 0.556. The predicted octanol–water partition coefficient (Wildman–Crippen LogP) is 1.45. The monoisotopic (exact) mass is 135 g/mol. The van der Waals surface area contributed by atoms with E-state index in [1.807, 2.05) is 0 Å². The van der Waals surface area contributed by atoms with Gasteiger partial charge in [0.2, 0.25) is 0 Å². The summed E-state index contributed by atoms with van der Waals surface area (Å²) in [7, 11) is 0. The fourth-order valence-electron chi connectivity index (χ4n) is 1.20. The van der Waals surface area contributed by atoms with E-state index in [9.17, 15) is 0 Å². The summed E-state index contributed by atoms with van der Waals surface area (Å²) in [5, 5.41) is 0. The summed E-state index contributed by atoms with van der Waals surface area (Å²) in [5.74, 6) is 2.64. The van der Waals surface area contributed by atoms with Crippen molar-refractivity contribution in [1.82, 2.24) is 0 Å². The Hall–Kier alpha value is -0.740. The molecule has 0 heterocycles. The third-order valence-electron chi connectivity index (χ3n) is 1.87. The van der Waals surface area contributed by atoms with Crippen LogP contribution >= 0.6 is 0 Å². The van der Waals surface area contributed by atoms with Crippen LogP contribution in [-0.2, 0) is 0 Å². The van der Waals surface area contributed by atoms with Gasteiger partial charge in [-0.1, -0.05) is 11.6 Å². The fourth-order valence-corrected chi connectivity index (χ4v) is 1.20. The minimum Gasteiger partial charge on any atom is -0.327 e.